The SMILES string of the molecule is CC(C)C1CCCN(CCC(O)c2ccc(F)cn2)CC1. The molecular formula is C17H27FN2O. The highest BCUT2D eigenvalue weighted by Crippen LogP contribution is 2.25. The van der Waals surface area contributed by atoms with Gasteiger partial charge in [0.25, 0.3) is 0 Å². The van der Waals surface area contributed by atoms with Crippen LogP contribution >= 0.6 is 0 Å². The molecule has 1 aliphatic heterocycles. The highest BCUT2D eigenvalue weighted by atomic mass is 19.1. The molecule has 0 radical (unpaired) electrons. The molecule has 0 aliphatic carbocycles. The van der Waals surface area contributed by atoms with E-state index < -0.39 is 6.10 Å². The first-order valence-electron chi connectivity index (χ1n) is 8.08. The van der Waals surface area contributed by atoms with Crippen LogP contribution in [0.2, 0.25) is 0 Å². The highest BCUT2D eigenvalue weighted by Gasteiger charge is 2.20. The van der Waals surface area contributed by atoms with Crippen molar-refractivity contribution in [2.45, 2.75) is 45.6 Å². The molecule has 118 valence electrons. The standard InChI is InChI=1S/C17H27FN2O/c1-13(2)14-4-3-9-20(10-7-14)11-8-17(21)16-6-5-15(18)12-19-16/h5-6,12-14,17,21H,3-4,7-11H2,1-2H3. The van der Waals surface area contributed by atoms with Crippen molar-refractivity contribution >= 4 is 0 Å². The molecule has 1 aromatic rings. The van der Waals surface area contributed by atoms with E-state index in [2.05, 4.69) is 23.7 Å². The average Bonchev–Trinajstić information content (AvgIpc) is 2.71. The van der Waals surface area contributed by atoms with Crippen LogP contribution in [0.3, 0.4) is 0 Å². The Labute approximate surface area is 127 Å². The molecule has 3 nitrogen and oxygen atoms in total. The molecule has 2 heterocycles. The molecule has 1 saturated heterocycles. The fourth-order valence-electron chi connectivity index (χ4n) is 3.11. The number of aliphatic hydroxyl groups is 1. The number of hydrogen-bond donors (Lipinski definition) is 1. The van der Waals surface area contributed by atoms with Crippen molar-refractivity contribution in [3.8, 4) is 0 Å². The number of halogens is 1. The fourth-order valence-corrected chi connectivity index (χ4v) is 3.11. The normalized spacial score (nSPS) is 22.2. The first-order valence-corrected chi connectivity index (χ1v) is 8.08. The Hall–Kier alpha value is -1.00. The van der Waals surface area contributed by atoms with Crippen LogP contribution in [0.25, 0.3) is 0 Å². The molecule has 21 heavy (non-hydrogen) atoms. The first-order chi connectivity index (χ1) is 10.1. The van der Waals surface area contributed by atoms with Crippen molar-refractivity contribution in [2.75, 3.05) is 19.6 Å². The number of likely N-dealkylation sites (tertiary alicyclic amines) is 1. The smallest absolute Gasteiger partial charge is 0.141 e. The van der Waals surface area contributed by atoms with Gasteiger partial charge in [0.05, 0.1) is 18.0 Å². The van der Waals surface area contributed by atoms with Gasteiger partial charge in [0.15, 0.2) is 0 Å². The van der Waals surface area contributed by atoms with Gasteiger partial charge in [-0.1, -0.05) is 13.8 Å². The second-order valence-electron chi connectivity index (χ2n) is 6.48. The molecule has 2 rings (SSSR count). The third-order valence-corrected chi connectivity index (χ3v) is 4.62. The third-order valence-electron chi connectivity index (χ3n) is 4.62. The maximum atomic E-state index is 12.8. The number of aromatic nitrogens is 1. The monoisotopic (exact) mass is 294 g/mol. The van der Waals surface area contributed by atoms with Gasteiger partial charge in [0, 0.05) is 6.54 Å². The van der Waals surface area contributed by atoms with Crippen LogP contribution in [0.4, 0.5) is 4.39 Å². The molecule has 0 spiro atoms. The van der Waals surface area contributed by atoms with Gasteiger partial charge in [-0.05, 0) is 62.7 Å². The minimum absolute atomic E-state index is 0.363. The molecule has 1 fully saturated rings. The minimum atomic E-state index is -0.602. The van der Waals surface area contributed by atoms with Gasteiger partial charge in [-0.2, -0.15) is 0 Å². The topological polar surface area (TPSA) is 36.4 Å². The van der Waals surface area contributed by atoms with E-state index in [1.807, 2.05) is 0 Å². The second kappa shape index (κ2) is 7.85. The van der Waals surface area contributed by atoms with Crippen molar-refractivity contribution in [1.82, 2.24) is 9.88 Å². The predicted molar refractivity (Wildman–Crippen MR) is 82.4 cm³/mol. The van der Waals surface area contributed by atoms with Crippen molar-refractivity contribution in [1.29, 1.82) is 0 Å². The second-order valence-corrected chi connectivity index (χ2v) is 6.48. The largest absolute Gasteiger partial charge is 0.387 e. The molecule has 0 bridgehead atoms. The van der Waals surface area contributed by atoms with Gasteiger partial charge in [-0.3, -0.25) is 4.98 Å². The van der Waals surface area contributed by atoms with Crippen LogP contribution in [0.15, 0.2) is 18.3 Å². The van der Waals surface area contributed by atoms with Crippen LogP contribution in [-0.2, 0) is 0 Å². The Bertz CT molecular complexity index is 421. The third kappa shape index (κ3) is 5.04. The van der Waals surface area contributed by atoms with E-state index in [1.54, 1.807) is 6.07 Å². The zero-order valence-electron chi connectivity index (χ0n) is 13.1. The van der Waals surface area contributed by atoms with Crippen LogP contribution in [0.1, 0.15) is 51.3 Å². The molecule has 0 saturated carbocycles. The zero-order valence-corrected chi connectivity index (χ0v) is 13.1. The fraction of sp³-hybridized carbons (Fsp3) is 0.706. The molecule has 0 aromatic carbocycles. The van der Waals surface area contributed by atoms with E-state index in [1.165, 1.54) is 25.3 Å². The van der Waals surface area contributed by atoms with Crippen LogP contribution in [0, 0.1) is 17.7 Å². The molecule has 0 amide bonds. The lowest BCUT2D eigenvalue weighted by atomic mass is 9.89. The summed E-state index contributed by atoms with van der Waals surface area (Å²) in [6, 6.07) is 2.92. The van der Waals surface area contributed by atoms with E-state index in [0.717, 1.165) is 37.7 Å². The van der Waals surface area contributed by atoms with Gasteiger partial charge in [0.2, 0.25) is 0 Å². The summed E-state index contributed by atoms with van der Waals surface area (Å²) in [6.45, 7) is 7.73. The van der Waals surface area contributed by atoms with Crippen LogP contribution < -0.4 is 0 Å². The maximum Gasteiger partial charge on any atom is 0.141 e. The van der Waals surface area contributed by atoms with Crippen molar-refractivity contribution < 1.29 is 9.50 Å². The van der Waals surface area contributed by atoms with Crippen LogP contribution in [0.5, 0.6) is 0 Å². The van der Waals surface area contributed by atoms with Crippen molar-refractivity contribution in [3.63, 3.8) is 0 Å². The Kier molecular flexibility index (Phi) is 6.12. The quantitative estimate of drug-likeness (QED) is 0.904. The predicted octanol–water partition coefficient (Wildman–Crippen LogP) is 3.40. The number of pyridine rings is 1. The van der Waals surface area contributed by atoms with Gasteiger partial charge in [-0.25, -0.2) is 4.39 Å². The van der Waals surface area contributed by atoms with Gasteiger partial charge < -0.3 is 10.0 Å². The molecule has 2 atom stereocenters. The zero-order chi connectivity index (χ0) is 15.2. The van der Waals surface area contributed by atoms with E-state index in [9.17, 15) is 9.50 Å². The number of aliphatic hydroxyl groups excluding tert-OH is 1. The molecule has 1 aliphatic rings. The van der Waals surface area contributed by atoms with Crippen LogP contribution in [-0.4, -0.2) is 34.6 Å². The molecule has 4 heteroatoms. The average molecular weight is 294 g/mol. The summed E-state index contributed by atoms with van der Waals surface area (Å²) in [5, 5.41) is 10.1. The Balaban J connectivity index is 1.78. The summed E-state index contributed by atoms with van der Waals surface area (Å²) in [7, 11) is 0. The lowest BCUT2D eigenvalue weighted by Crippen LogP contribution is -2.27. The first kappa shape index (κ1) is 16.4. The number of rotatable bonds is 5. The molecule has 1 aromatic heterocycles. The summed E-state index contributed by atoms with van der Waals surface area (Å²) in [5.74, 6) is 1.23. The Morgan fingerprint density at radius 1 is 1.33 bits per heavy atom. The highest BCUT2D eigenvalue weighted by molar-refractivity contribution is 5.07. The lowest BCUT2D eigenvalue weighted by Gasteiger charge is -2.22. The lowest BCUT2D eigenvalue weighted by molar-refractivity contribution is 0.138. The van der Waals surface area contributed by atoms with Gasteiger partial charge >= 0.3 is 0 Å². The molecular weight excluding hydrogens is 267 g/mol. The van der Waals surface area contributed by atoms with Crippen molar-refractivity contribution in [3.05, 3.63) is 29.8 Å². The Morgan fingerprint density at radius 3 is 2.81 bits per heavy atom. The molecule has 2 unspecified atom stereocenters. The van der Waals surface area contributed by atoms with Gasteiger partial charge in [-0.15, -0.1) is 0 Å². The maximum absolute atomic E-state index is 12.8. The summed E-state index contributed by atoms with van der Waals surface area (Å²) in [4.78, 5) is 6.39. The summed E-state index contributed by atoms with van der Waals surface area (Å²) in [5.41, 5.74) is 0.561. The number of hydrogen-bond acceptors (Lipinski definition) is 3. The van der Waals surface area contributed by atoms with Gasteiger partial charge in [0.1, 0.15) is 5.82 Å². The summed E-state index contributed by atoms with van der Waals surface area (Å²) < 4.78 is 12.8. The number of nitrogens with zero attached hydrogens (tertiary/aromatic N) is 2. The van der Waals surface area contributed by atoms with E-state index >= 15 is 0 Å². The Morgan fingerprint density at radius 2 is 2.14 bits per heavy atom. The van der Waals surface area contributed by atoms with E-state index in [-0.39, 0.29) is 5.82 Å². The van der Waals surface area contributed by atoms with E-state index in [4.69, 9.17) is 0 Å². The summed E-state index contributed by atoms with van der Waals surface area (Å²) >= 11 is 0. The minimum Gasteiger partial charge on any atom is -0.387 e. The molecule has 1 N–H and O–H groups in total. The van der Waals surface area contributed by atoms with E-state index in [0.29, 0.717) is 12.1 Å². The summed E-state index contributed by atoms with van der Waals surface area (Å²) in [6.07, 6.45) is 5.03. The van der Waals surface area contributed by atoms with Crippen molar-refractivity contribution in [2.24, 2.45) is 11.8 Å².